The van der Waals surface area contributed by atoms with Crippen LogP contribution in [0.2, 0.25) is 0 Å². The molecular formula is C19H21NO4. The fourth-order valence-electron chi connectivity index (χ4n) is 3.94. The highest BCUT2D eigenvalue weighted by molar-refractivity contribution is 5.97. The van der Waals surface area contributed by atoms with Gasteiger partial charge in [0.1, 0.15) is 5.75 Å². The number of fused-ring (bicyclic) bond motifs is 2. The Kier molecular flexibility index (Phi) is 4.18. The second-order valence-electron chi connectivity index (χ2n) is 6.50. The molecule has 5 nitrogen and oxygen atoms in total. The molecule has 1 aromatic carbocycles. The average Bonchev–Trinajstić information content (AvgIpc) is 3.11. The lowest BCUT2D eigenvalue weighted by Gasteiger charge is -2.23. The molecule has 3 rings (SSSR count). The molecule has 1 amide bonds. The first-order chi connectivity index (χ1) is 11.4. The fourth-order valence-corrected chi connectivity index (χ4v) is 3.94. The first kappa shape index (κ1) is 16.3. The van der Waals surface area contributed by atoms with Gasteiger partial charge in [0.15, 0.2) is 0 Å². The minimum absolute atomic E-state index is 0.126. The van der Waals surface area contributed by atoms with Gasteiger partial charge in [0.05, 0.1) is 18.9 Å². The van der Waals surface area contributed by atoms with E-state index in [0.717, 1.165) is 11.1 Å². The number of hydrogen-bond acceptors (Lipinski definition) is 3. The van der Waals surface area contributed by atoms with Gasteiger partial charge in [-0.05, 0) is 38.1 Å². The summed E-state index contributed by atoms with van der Waals surface area (Å²) in [5, 5.41) is 12.5. The topological polar surface area (TPSA) is 75.6 Å². The van der Waals surface area contributed by atoms with Crippen LogP contribution in [0.15, 0.2) is 47.6 Å². The van der Waals surface area contributed by atoms with Crippen LogP contribution in [0.5, 0.6) is 5.75 Å². The predicted octanol–water partition coefficient (Wildman–Crippen LogP) is 3.10. The zero-order valence-electron chi connectivity index (χ0n) is 13.9. The maximum Gasteiger partial charge on any atom is 0.308 e. The molecule has 1 fully saturated rings. The fraction of sp³-hybridized carbons (Fsp3) is 0.368. The number of allylic oxidation sites excluding steroid dienone is 4. The molecule has 5 heteroatoms. The lowest BCUT2D eigenvalue weighted by atomic mass is 9.82. The lowest BCUT2D eigenvalue weighted by molar-refractivity contribution is -0.146. The summed E-state index contributed by atoms with van der Waals surface area (Å²) in [6.45, 7) is 3.95. The SMILES string of the molecule is COc1ccc(NC(=O)[C@@H]2[C@H](C(=O)O)[C@H]3C=C[C@H]2C3=C(C)C)cc1. The number of rotatable bonds is 4. The summed E-state index contributed by atoms with van der Waals surface area (Å²) in [5.41, 5.74) is 2.81. The van der Waals surface area contributed by atoms with E-state index in [2.05, 4.69) is 5.32 Å². The van der Waals surface area contributed by atoms with Gasteiger partial charge < -0.3 is 15.2 Å². The van der Waals surface area contributed by atoms with Gasteiger partial charge >= 0.3 is 5.97 Å². The summed E-state index contributed by atoms with van der Waals surface area (Å²) >= 11 is 0. The zero-order chi connectivity index (χ0) is 17.4. The Labute approximate surface area is 141 Å². The van der Waals surface area contributed by atoms with Gasteiger partial charge in [-0.1, -0.05) is 23.3 Å². The highest BCUT2D eigenvalue weighted by Crippen LogP contribution is 2.53. The molecule has 2 aliphatic carbocycles. The number of carboxylic acid groups (broad SMARTS) is 1. The number of nitrogens with one attached hydrogen (secondary N) is 1. The van der Waals surface area contributed by atoms with E-state index in [1.54, 1.807) is 31.4 Å². The Bertz CT molecular complexity index is 728. The molecule has 2 aliphatic rings. The Morgan fingerprint density at radius 1 is 1.04 bits per heavy atom. The third-order valence-electron chi connectivity index (χ3n) is 4.93. The van der Waals surface area contributed by atoms with Crippen molar-refractivity contribution >= 4 is 17.6 Å². The van der Waals surface area contributed by atoms with Gasteiger partial charge in [0.25, 0.3) is 0 Å². The van der Waals surface area contributed by atoms with Crippen LogP contribution in [0, 0.1) is 23.7 Å². The van der Waals surface area contributed by atoms with Crippen molar-refractivity contribution in [2.45, 2.75) is 13.8 Å². The van der Waals surface area contributed by atoms with E-state index in [1.165, 1.54) is 0 Å². The first-order valence-corrected chi connectivity index (χ1v) is 7.97. The molecule has 4 atom stereocenters. The third-order valence-corrected chi connectivity index (χ3v) is 4.93. The summed E-state index contributed by atoms with van der Waals surface area (Å²) in [6, 6.07) is 7.01. The molecule has 1 aromatic rings. The molecule has 0 unspecified atom stereocenters. The Hall–Kier alpha value is -2.56. The van der Waals surface area contributed by atoms with Crippen LogP contribution >= 0.6 is 0 Å². The molecule has 0 aromatic heterocycles. The first-order valence-electron chi connectivity index (χ1n) is 7.97. The van der Waals surface area contributed by atoms with E-state index in [1.807, 2.05) is 26.0 Å². The monoisotopic (exact) mass is 327 g/mol. The quantitative estimate of drug-likeness (QED) is 0.833. The summed E-state index contributed by atoms with van der Waals surface area (Å²) in [6.07, 6.45) is 3.91. The van der Waals surface area contributed by atoms with E-state index in [0.29, 0.717) is 11.4 Å². The number of hydrogen-bond donors (Lipinski definition) is 2. The number of carbonyl (C=O) groups is 2. The maximum atomic E-state index is 12.8. The third kappa shape index (κ3) is 2.60. The van der Waals surface area contributed by atoms with E-state index in [9.17, 15) is 14.7 Å². The van der Waals surface area contributed by atoms with Crippen LogP contribution in [-0.4, -0.2) is 24.1 Å². The second-order valence-corrected chi connectivity index (χ2v) is 6.50. The van der Waals surface area contributed by atoms with Crippen molar-refractivity contribution in [2.24, 2.45) is 23.7 Å². The molecule has 0 spiro atoms. The van der Waals surface area contributed by atoms with Crippen molar-refractivity contribution in [3.05, 3.63) is 47.6 Å². The predicted molar refractivity (Wildman–Crippen MR) is 90.7 cm³/mol. The molecule has 0 saturated heterocycles. The molecule has 0 aliphatic heterocycles. The van der Waals surface area contributed by atoms with Crippen LogP contribution in [0.25, 0.3) is 0 Å². The van der Waals surface area contributed by atoms with Crippen LogP contribution in [0.3, 0.4) is 0 Å². The molecular weight excluding hydrogens is 306 g/mol. The molecule has 126 valence electrons. The molecule has 1 saturated carbocycles. The number of amides is 1. The lowest BCUT2D eigenvalue weighted by Crippen LogP contribution is -2.36. The molecule has 0 heterocycles. The Morgan fingerprint density at radius 2 is 1.62 bits per heavy atom. The van der Waals surface area contributed by atoms with Crippen molar-refractivity contribution in [1.29, 1.82) is 0 Å². The minimum atomic E-state index is -0.916. The summed E-state index contributed by atoms with van der Waals surface area (Å²) < 4.78 is 5.10. The van der Waals surface area contributed by atoms with Crippen molar-refractivity contribution in [3.63, 3.8) is 0 Å². The van der Waals surface area contributed by atoms with E-state index >= 15 is 0 Å². The van der Waals surface area contributed by atoms with Gasteiger partial charge in [0.2, 0.25) is 5.91 Å². The summed E-state index contributed by atoms with van der Waals surface area (Å²) in [5.74, 6) is -2.05. The summed E-state index contributed by atoms with van der Waals surface area (Å²) in [4.78, 5) is 24.5. The molecule has 2 N–H and O–H groups in total. The Morgan fingerprint density at radius 3 is 2.12 bits per heavy atom. The average molecular weight is 327 g/mol. The van der Waals surface area contributed by atoms with Crippen LogP contribution in [-0.2, 0) is 9.59 Å². The number of carbonyl (C=O) groups excluding carboxylic acids is 1. The number of carboxylic acids is 1. The molecule has 2 bridgehead atoms. The highest BCUT2D eigenvalue weighted by Gasteiger charge is 2.54. The van der Waals surface area contributed by atoms with Crippen LogP contribution in [0.1, 0.15) is 13.8 Å². The molecule has 0 radical (unpaired) electrons. The number of anilines is 1. The van der Waals surface area contributed by atoms with Gasteiger partial charge in [-0.2, -0.15) is 0 Å². The second kappa shape index (κ2) is 6.15. The van der Waals surface area contributed by atoms with Gasteiger partial charge in [-0.15, -0.1) is 0 Å². The zero-order valence-corrected chi connectivity index (χ0v) is 13.9. The van der Waals surface area contributed by atoms with E-state index in [4.69, 9.17) is 4.74 Å². The normalized spacial score (nSPS) is 27.2. The number of methoxy groups -OCH3 is 1. The largest absolute Gasteiger partial charge is 0.497 e. The van der Waals surface area contributed by atoms with Crippen molar-refractivity contribution in [3.8, 4) is 5.75 Å². The minimum Gasteiger partial charge on any atom is -0.497 e. The van der Waals surface area contributed by atoms with E-state index < -0.39 is 17.8 Å². The number of ether oxygens (including phenoxy) is 1. The number of aliphatic carboxylic acids is 1. The van der Waals surface area contributed by atoms with Gasteiger partial charge in [-0.25, -0.2) is 0 Å². The van der Waals surface area contributed by atoms with Crippen LogP contribution < -0.4 is 10.1 Å². The maximum absolute atomic E-state index is 12.8. The van der Waals surface area contributed by atoms with Crippen molar-refractivity contribution in [1.82, 2.24) is 0 Å². The Balaban J connectivity index is 1.86. The highest BCUT2D eigenvalue weighted by atomic mass is 16.5. The van der Waals surface area contributed by atoms with Gasteiger partial charge in [-0.3, -0.25) is 9.59 Å². The molecule has 24 heavy (non-hydrogen) atoms. The van der Waals surface area contributed by atoms with Crippen molar-refractivity contribution < 1.29 is 19.4 Å². The van der Waals surface area contributed by atoms with Gasteiger partial charge in [0, 0.05) is 17.5 Å². The number of benzene rings is 1. The van der Waals surface area contributed by atoms with E-state index in [-0.39, 0.29) is 17.7 Å². The summed E-state index contributed by atoms with van der Waals surface area (Å²) in [7, 11) is 1.58. The van der Waals surface area contributed by atoms with Crippen LogP contribution in [0.4, 0.5) is 5.69 Å². The van der Waals surface area contributed by atoms with Crippen molar-refractivity contribution in [2.75, 3.05) is 12.4 Å². The smallest absolute Gasteiger partial charge is 0.308 e. The standard InChI is InChI=1S/C19H21NO4/c1-10(2)15-13-8-9-14(15)17(19(22)23)16(13)18(21)20-11-4-6-12(24-3)7-5-11/h4-9,13-14,16-17H,1-3H3,(H,20,21)(H,22,23)/t13-,14-,16-,17+/m0/s1.